The highest BCUT2D eigenvalue weighted by atomic mass is 14.4. The van der Waals surface area contributed by atoms with Crippen molar-refractivity contribution >= 4 is 0 Å². The second-order valence-corrected chi connectivity index (χ2v) is 3.68. The van der Waals surface area contributed by atoms with Crippen LogP contribution >= 0.6 is 0 Å². The predicted octanol–water partition coefficient (Wildman–Crippen LogP) is 2.87. The van der Waals surface area contributed by atoms with E-state index in [1.807, 2.05) is 0 Å². The lowest BCUT2D eigenvalue weighted by molar-refractivity contribution is 0.198. The zero-order chi connectivity index (χ0) is 9.61. The van der Waals surface area contributed by atoms with Gasteiger partial charge in [0, 0.05) is 6.57 Å². The van der Waals surface area contributed by atoms with Crippen molar-refractivity contribution in [1.29, 1.82) is 10.5 Å². The molecule has 2 heteroatoms. The molecule has 0 N–H and O–H groups in total. The Morgan fingerprint density at radius 3 is 2.33 bits per heavy atom. The molecule has 1 aliphatic rings. The van der Waals surface area contributed by atoms with E-state index in [9.17, 15) is 0 Å². The third-order valence-electron chi connectivity index (χ3n) is 2.93. The highest BCUT2D eigenvalue weighted by Gasteiger charge is 2.33. The Labute approximate surface area is 74.8 Å². The van der Waals surface area contributed by atoms with Gasteiger partial charge in [0.1, 0.15) is 0 Å². The molecule has 0 aromatic heterocycles. The molecule has 0 saturated heterocycles. The van der Waals surface area contributed by atoms with Crippen LogP contribution in [0.25, 0.3) is 0 Å². The Bertz CT molecular complexity index is 190. The molecule has 2 unspecified atom stereocenters. The summed E-state index contributed by atoms with van der Waals surface area (Å²) in [6, 6.07) is 2.43. The largest absolute Gasteiger partial charge is 0.202 e. The van der Waals surface area contributed by atoms with E-state index in [-0.39, 0.29) is 5.41 Å². The highest BCUT2D eigenvalue weighted by Crippen LogP contribution is 2.39. The van der Waals surface area contributed by atoms with E-state index in [0.717, 1.165) is 6.42 Å². The third-order valence-corrected chi connectivity index (χ3v) is 2.93. The molecule has 0 bridgehead atoms. The van der Waals surface area contributed by atoms with Gasteiger partial charge < -0.3 is 0 Å². The molecule has 2 nitrogen and oxygen atoms in total. The first-order valence-electron chi connectivity index (χ1n) is 4.36. The van der Waals surface area contributed by atoms with Gasteiger partial charge in [0.2, 0.25) is 0 Å². The third kappa shape index (κ3) is 2.24. The van der Waals surface area contributed by atoms with Gasteiger partial charge in [-0.1, -0.05) is 19.8 Å². The Morgan fingerprint density at radius 2 is 2.00 bits per heavy atom. The first kappa shape index (κ1) is 11.0. The van der Waals surface area contributed by atoms with Crippen molar-refractivity contribution < 1.29 is 0 Å². The SMILES string of the molecule is C#N.CC1CCCCC1(C)C#N. The van der Waals surface area contributed by atoms with E-state index in [4.69, 9.17) is 10.5 Å². The smallest absolute Gasteiger partial charge is 0.0689 e. The van der Waals surface area contributed by atoms with Gasteiger partial charge in [-0.2, -0.15) is 5.26 Å². The first-order chi connectivity index (χ1) is 5.69. The molecule has 66 valence electrons. The van der Waals surface area contributed by atoms with Gasteiger partial charge in [0.25, 0.3) is 0 Å². The van der Waals surface area contributed by atoms with Gasteiger partial charge in [-0.3, -0.25) is 0 Å². The van der Waals surface area contributed by atoms with E-state index in [0.29, 0.717) is 5.92 Å². The Kier molecular flexibility index (Phi) is 4.37. The molecule has 0 heterocycles. The molecule has 0 aliphatic heterocycles. The number of hydrogen-bond acceptors (Lipinski definition) is 2. The highest BCUT2D eigenvalue weighted by molar-refractivity contribution is 5.00. The molecule has 0 radical (unpaired) electrons. The second-order valence-electron chi connectivity index (χ2n) is 3.68. The minimum absolute atomic E-state index is 0.0156. The molecule has 0 amide bonds. The lowest BCUT2D eigenvalue weighted by atomic mass is 9.69. The van der Waals surface area contributed by atoms with Crippen molar-refractivity contribution in [2.24, 2.45) is 11.3 Å². The summed E-state index contributed by atoms with van der Waals surface area (Å²) in [7, 11) is 0. The molecule has 1 fully saturated rings. The molecule has 0 spiro atoms. The van der Waals surface area contributed by atoms with E-state index in [2.05, 4.69) is 26.5 Å². The normalized spacial score (nSPS) is 34.1. The molecule has 1 saturated carbocycles. The number of rotatable bonds is 0. The summed E-state index contributed by atoms with van der Waals surface area (Å²) in [4.78, 5) is 0. The maximum atomic E-state index is 8.87. The summed E-state index contributed by atoms with van der Waals surface area (Å²) in [6.45, 7) is 7.79. The van der Waals surface area contributed by atoms with Crippen molar-refractivity contribution in [2.75, 3.05) is 0 Å². The van der Waals surface area contributed by atoms with Crippen molar-refractivity contribution in [3.05, 3.63) is 0 Å². The summed E-state index contributed by atoms with van der Waals surface area (Å²) >= 11 is 0. The average Bonchev–Trinajstić information content (AvgIpc) is 2.14. The molecule has 1 rings (SSSR count). The van der Waals surface area contributed by atoms with Crippen LogP contribution in [0.5, 0.6) is 0 Å². The summed E-state index contributed by atoms with van der Waals surface area (Å²) in [5.74, 6) is 0.603. The minimum Gasteiger partial charge on any atom is -0.202 e. The van der Waals surface area contributed by atoms with Crippen molar-refractivity contribution in [3.8, 4) is 12.6 Å². The van der Waals surface area contributed by atoms with E-state index in [1.165, 1.54) is 19.3 Å². The molecule has 0 aromatic carbocycles. The maximum absolute atomic E-state index is 8.87. The van der Waals surface area contributed by atoms with Crippen LogP contribution in [0.2, 0.25) is 0 Å². The van der Waals surface area contributed by atoms with E-state index >= 15 is 0 Å². The van der Waals surface area contributed by atoms with Crippen LogP contribution in [-0.4, -0.2) is 0 Å². The monoisotopic (exact) mass is 164 g/mol. The molecular weight excluding hydrogens is 148 g/mol. The average molecular weight is 164 g/mol. The zero-order valence-corrected chi connectivity index (χ0v) is 7.88. The Balaban J connectivity index is 0.000000561. The molecular formula is C10H16N2. The first-order valence-corrected chi connectivity index (χ1v) is 4.36. The fourth-order valence-corrected chi connectivity index (χ4v) is 1.67. The minimum atomic E-state index is -0.0156. The van der Waals surface area contributed by atoms with Gasteiger partial charge in [-0.25, -0.2) is 5.26 Å². The molecule has 12 heavy (non-hydrogen) atoms. The summed E-state index contributed by atoms with van der Waals surface area (Å²) in [6.07, 6.45) is 4.90. The van der Waals surface area contributed by atoms with Crippen LogP contribution in [0.15, 0.2) is 0 Å². The quantitative estimate of drug-likeness (QED) is 0.552. The Morgan fingerprint density at radius 1 is 1.42 bits per heavy atom. The van der Waals surface area contributed by atoms with Gasteiger partial charge in [-0.15, -0.1) is 0 Å². The molecule has 1 aliphatic carbocycles. The van der Waals surface area contributed by atoms with Gasteiger partial charge in [0.15, 0.2) is 0 Å². The molecule has 0 aromatic rings. The van der Waals surface area contributed by atoms with Gasteiger partial charge in [0.05, 0.1) is 11.5 Å². The van der Waals surface area contributed by atoms with Crippen molar-refractivity contribution in [2.45, 2.75) is 39.5 Å². The van der Waals surface area contributed by atoms with Crippen LogP contribution in [0.1, 0.15) is 39.5 Å². The summed E-state index contributed by atoms with van der Waals surface area (Å²) in [5.41, 5.74) is -0.0156. The zero-order valence-electron chi connectivity index (χ0n) is 7.88. The second kappa shape index (κ2) is 4.78. The number of nitriles is 2. The fourth-order valence-electron chi connectivity index (χ4n) is 1.67. The van der Waals surface area contributed by atoms with Crippen LogP contribution in [0, 0.1) is 34.5 Å². The van der Waals surface area contributed by atoms with Crippen LogP contribution in [0.4, 0.5) is 0 Å². The predicted molar refractivity (Wildman–Crippen MR) is 48.0 cm³/mol. The van der Waals surface area contributed by atoms with Crippen molar-refractivity contribution in [1.82, 2.24) is 0 Å². The van der Waals surface area contributed by atoms with Crippen LogP contribution in [0.3, 0.4) is 0 Å². The topological polar surface area (TPSA) is 47.6 Å². The Hall–Kier alpha value is -1.02. The van der Waals surface area contributed by atoms with Crippen LogP contribution in [-0.2, 0) is 0 Å². The van der Waals surface area contributed by atoms with Crippen molar-refractivity contribution in [3.63, 3.8) is 0 Å². The maximum Gasteiger partial charge on any atom is 0.0689 e. The summed E-state index contributed by atoms with van der Waals surface area (Å²) < 4.78 is 0. The lowest BCUT2D eigenvalue weighted by Crippen LogP contribution is -2.26. The number of nitrogens with zero attached hydrogens (tertiary/aromatic N) is 2. The van der Waals surface area contributed by atoms with Gasteiger partial charge >= 0.3 is 0 Å². The van der Waals surface area contributed by atoms with E-state index in [1.54, 1.807) is 0 Å². The lowest BCUT2D eigenvalue weighted by Gasteiger charge is -2.33. The van der Waals surface area contributed by atoms with E-state index < -0.39 is 0 Å². The van der Waals surface area contributed by atoms with Crippen LogP contribution < -0.4 is 0 Å². The fraction of sp³-hybridized carbons (Fsp3) is 0.800. The summed E-state index contributed by atoms with van der Waals surface area (Å²) in [5, 5.41) is 15.4. The standard InChI is InChI=1S/C9H15N.CHN/c1-8-5-3-4-6-9(8,2)7-10;1-2/h8H,3-6H2,1-2H3;1H. The molecule has 2 atom stereocenters. The number of hydrogen-bond donors (Lipinski definition) is 0. The van der Waals surface area contributed by atoms with Gasteiger partial charge in [-0.05, 0) is 25.7 Å².